The molecule has 0 bridgehead atoms. The Morgan fingerprint density at radius 1 is 1.64 bits per heavy atom. The number of aliphatic hydroxyl groups is 1. The Bertz CT molecular complexity index is 115. The van der Waals surface area contributed by atoms with Gasteiger partial charge in [-0.3, -0.25) is 0 Å². The maximum atomic E-state index is 9.41. The zero-order valence-corrected chi connectivity index (χ0v) is 7.30. The van der Waals surface area contributed by atoms with Crippen LogP contribution in [-0.4, -0.2) is 36.4 Å². The summed E-state index contributed by atoms with van der Waals surface area (Å²) in [5.74, 6) is 0. The molecule has 1 heterocycles. The molecule has 2 unspecified atom stereocenters. The summed E-state index contributed by atoms with van der Waals surface area (Å²) >= 11 is 0. The SMILES string of the molecule is CCC(O)C(C)NC1CNC1. The fourth-order valence-corrected chi connectivity index (χ4v) is 1.24. The fraction of sp³-hybridized carbons (Fsp3) is 1.00. The number of rotatable bonds is 4. The van der Waals surface area contributed by atoms with Crippen LogP contribution in [-0.2, 0) is 0 Å². The molecule has 0 aromatic carbocycles. The van der Waals surface area contributed by atoms with Gasteiger partial charge in [0.1, 0.15) is 0 Å². The minimum atomic E-state index is -0.199. The second-order valence-corrected chi connectivity index (χ2v) is 3.29. The molecular weight excluding hydrogens is 140 g/mol. The summed E-state index contributed by atoms with van der Waals surface area (Å²) in [4.78, 5) is 0. The first-order valence-corrected chi connectivity index (χ1v) is 4.39. The minimum Gasteiger partial charge on any atom is -0.392 e. The summed E-state index contributed by atoms with van der Waals surface area (Å²) in [6.07, 6.45) is 0.629. The largest absolute Gasteiger partial charge is 0.392 e. The van der Waals surface area contributed by atoms with Gasteiger partial charge in [0.2, 0.25) is 0 Å². The molecule has 1 saturated heterocycles. The molecule has 0 aromatic rings. The molecule has 3 heteroatoms. The highest BCUT2D eigenvalue weighted by molar-refractivity contribution is 4.85. The van der Waals surface area contributed by atoms with Crippen molar-refractivity contribution in [2.75, 3.05) is 13.1 Å². The van der Waals surface area contributed by atoms with Crippen molar-refractivity contribution in [3.8, 4) is 0 Å². The Kier molecular flexibility index (Phi) is 3.30. The molecule has 0 radical (unpaired) electrons. The zero-order valence-electron chi connectivity index (χ0n) is 7.30. The smallest absolute Gasteiger partial charge is 0.0687 e. The Balaban J connectivity index is 2.13. The second-order valence-electron chi connectivity index (χ2n) is 3.29. The van der Waals surface area contributed by atoms with E-state index in [0.29, 0.717) is 6.04 Å². The summed E-state index contributed by atoms with van der Waals surface area (Å²) < 4.78 is 0. The van der Waals surface area contributed by atoms with Crippen LogP contribution in [0.25, 0.3) is 0 Å². The van der Waals surface area contributed by atoms with E-state index in [2.05, 4.69) is 10.6 Å². The van der Waals surface area contributed by atoms with E-state index in [0.717, 1.165) is 19.5 Å². The van der Waals surface area contributed by atoms with Crippen LogP contribution in [0, 0.1) is 0 Å². The summed E-state index contributed by atoms with van der Waals surface area (Å²) in [6, 6.07) is 0.804. The van der Waals surface area contributed by atoms with Crippen molar-refractivity contribution in [2.24, 2.45) is 0 Å². The number of hydrogen-bond donors (Lipinski definition) is 3. The fourth-order valence-electron chi connectivity index (χ4n) is 1.24. The normalized spacial score (nSPS) is 24.3. The third-order valence-electron chi connectivity index (χ3n) is 2.28. The van der Waals surface area contributed by atoms with Crippen molar-refractivity contribution in [3.63, 3.8) is 0 Å². The van der Waals surface area contributed by atoms with Gasteiger partial charge in [-0.25, -0.2) is 0 Å². The first-order chi connectivity index (χ1) is 5.24. The van der Waals surface area contributed by atoms with Gasteiger partial charge in [-0.2, -0.15) is 0 Å². The van der Waals surface area contributed by atoms with E-state index in [1.54, 1.807) is 0 Å². The highest BCUT2D eigenvalue weighted by atomic mass is 16.3. The quantitative estimate of drug-likeness (QED) is 0.526. The van der Waals surface area contributed by atoms with Gasteiger partial charge in [0.05, 0.1) is 6.10 Å². The van der Waals surface area contributed by atoms with Gasteiger partial charge in [-0.05, 0) is 13.3 Å². The van der Waals surface area contributed by atoms with E-state index < -0.39 is 0 Å². The molecule has 66 valence electrons. The first-order valence-electron chi connectivity index (χ1n) is 4.39. The van der Waals surface area contributed by atoms with Gasteiger partial charge >= 0.3 is 0 Å². The van der Waals surface area contributed by atoms with Crippen LogP contribution in [0.3, 0.4) is 0 Å². The van der Waals surface area contributed by atoms with Crippen LogP contribution >= 0.6 is 0 Å². The summed E-state index contributed by atoms with van der Waals surface area (Å²) in [5, 5.41) is 15.9. The summed E-state index contributed by atoms with van der Waals surface area (Å²) in [5.41, 5.74) is 0. The van der Waals surface area contributed by atoms with Gasteiger partial charge in [0.25, 0.3) is 0 Å². The van der Waals surface area contributed by atoms with Crippen molar-refractivity contribution in [3.05, 3.63) is 0 Å². The number of nitrogens with one attached hydrogen (secondary N) is 2. The lowest BCUT2D eigenvalue weighted by atomic mass is 10.1. The van der Waals surface area contributed by atoms with Crippen LogP contribution in [0.1, 0.15) is 20.3 Å². The average molecular weight is 158 g/mol. The van der Waals surface area contributed by atoms with Crippen molar-refractivity contribution in [1.29, 1.82) is 0 Å². The highest BCUT2D eigenvalue weighted by Gasteiger charge is 2.21. The summed E-state index contributed by atoms with van der Waals surface area (Å²) in [6.45, 7) is 6.12. The van der Waals surface area contributed by atoms with E-state index in [-0.39, 0.29) is 12.1 Å². The van der Waals surface area contributed by atoms with Crippen molar-refractivity contribution in [2.45, 2.75) is 38.5 Å². The molecule has 2 atom stereocenters. The van der Waals surface area contributed by atoms with Gasteiger partial charge in [0.15, 0.2) is 0 Å². The van der Waals surface area contributed by atoms with Gasteiger partial charge in [-0.15, -0.1) is 0 Å². The van der Waals surface area contributed by atoms with Crippen LogP contribution in [0.4, 0.5) is 0 Å². The predicted octanol–water partition coefficient (Wildman–Crippen LogP) is -0.293. The van der Waals surface area contributed by atoms with E-state index in [1.807, 2.05) is 13.8 Å². The molecule has 1 aliphatic rings. The molecule has 3 N–H and O–H groups in total. The molecule has 11 heavy (non-hydrogen) atoms. The summed E-state index contributed by atoms with van der Waals surface area (Å²) in [7, 11) is 0. The third kappa shape index (κ3) is 2.43. The molecule has 0 aromatic heterocycles. The Morgan fingerprint density at radius 3 is 2.64 bits per heavy atom. The van der Waals surface area contributed by atoms with Gasteiger partial charge < -0.3 is 15.7 Å². The monoisotopic (exact) mass is 158 g/mol. The minimum absolute atomic E-state index is 0.199. The Labute approximate surface area is 68.2 Å². The first kappa shape index (κ1) is 8.97. The molecule has 3 nitrogen and oxygen atoms in total. The molecular formula is C8H18N2O. The third-order valence-corrected chi connectivity index (χ3v) is 2.28. The lowest BCUT2D eigenvalue weighted by Crippen LogP contribution is -2.59. The molecule has 0 aliphatic carbocycles. The Morgan fingerprint density at radius 2 is 2.27 bits per heavy atom. The maximum Gasteiger partial charge on any atom is 0.0687 e. The van der Waals surface area contributed by atoms with E-state index in [9.17, 15) is 5.11 Å². The van der Waals surface area contributed by atoms with Crippen LogP contribution in [0.5, 0.6) is 0 Å². The standard InChI is InChI=1S/C8H18N2O/c1-3-8(11)6(2)10-7-4-9-5-7/h6-11H,3-5H2,1-2H3. The molecule has 1 rings (SSSR count). The molecule has 1 aliphatic heterocycles. The van der Waals surface area contributed by atoms with Crippen LogP contribution in [0.15, 0.2) is 0 Å². The van der Waals surface area contributed by atoms with Gasteiger partial charge in [0, 0.05) is 25.2 Å². The molecule has 0 spiro atoms. The Hall–Kier alpha value is -0.120. The van der Waals surface area contributed by atoms with E-state index in [1.165, 1.54) is 0 Å². The van der Waals surface area contributed by atoms with E-state index in [4.69, 9.17) is 0 Å². The molecule has 0 saturated carbocycles. The van der Waals surface area contributed by atoms with Crippen molar-refractivity contribution < 1.29 is 5.11 Å². The maximum absolute atomic E-state index is 9.41. The average Bonchev–Trinajstić information content (AvgIpc) is 1.94. The van der Waals surface area contributed by atoms with Crippen molar-refractivity contribution in [1.82, 2.24) is 10.6 Å². The molecule has 0 amide bonds. The molecule has 1 fully saturated rings. The van der Waals surface area contributed by atoms with Crippen molar-refractivity contribution >= 4 is 0 Å². The zero-order chi connectivity index (χ0) is 8.27. The lowest BCUT2D eigenvalue weighted by molar-refractivity contribution is 0.118. The van der Waals surface area contributed by atoms with Crippen LogP contribution in [0.2, 0.25) is 0 Å². The number of aliphatic hydroxyl groups excluding tert-OH is 1. The van der Waals surface area contributed by atoms with Gasteiger partial charge in [-0.1, -0.05) is 6.92 Å². The predicted molar refractivity (Wildman–Crippen MR) is 45.6 cm³/mol. The second kappa shape index (κ2) is 4.04. The lowest BCUT2D eigenvalue weighted by Gasteiger charge is -2.32. The topological polar surface area (TPSA) is 44.3 Å². The van der Waals surface area contributed by atoms with E-state index >= 15 is 0 Å². The van der Waals surface area contributed by atoms with Crippen LogP contribution < -0.4 is 10.6 Å². The number of hydrogen-bond acceptors (Lipinski definition) is 3. The highest BCUT2D eigenvalue weighted by Crippen LogP contribution is 2.00.